The lowest BCUT2D eigenvalue weighted by Gasteiger charge is -2.15. The van der Waals surface area contributed by atoms with Crippen LogP contribution in [0.2, 0.25) is 0 Å². The van der Waals surface area contributed by atoms with E-state index in [1.807, 2.05) is 0 Å². The highest BCUT2D eigenvalue weighted by molar-refractivity contribution is 14.1. The maximum absolute atomic E-state index is 9.56. The molecule has 3 rings (SSSR count). The van der Waals surface area contributed by atoms with Crippen LogP contribution in [0.4, 0.5) is 0 Å². The minimum absolute atomic E-state index is 0.142. The minimum atomic E-state index is 0.142. The highest BCUT2D eigenvalue weighted by atomic mass is 127. The van der Waals surface area contributed by atoms with Gasteiger partial charge in [0.25, 0.3) is 0 Å². The van der Waals surface area contributed by atoms with E-state index in [2.05, 4.69) is 34.7 Å². The average molecular weight is 408 g/mol. The molecule has 1 aliphatic heterocycles. The molecular formula is C14H9IN4OS. The van der Waals surface area contributed by atoms with Crippen LogP contribution in [0.25, 0.3) is 11.3 Å². The summed E-state index contributed by atoms with van der Waals surface area (Å²) in [5, 5.41) is 28.1. The molecule has 0 amide bonds. The molecule has 0 fully saturated rings. The van der Waals surface area contributed by atoms with Crippen LogP contribution in [-0.2, 0) is 0 Å². The van der Waals surface area contributed by atoms with Gasteiger partial charge in [0.15, 0.2) is 0 Å². The van der Waals surface area contributed by atoms with Crippen molar-refractivity contribution in [2.45, 2.75) is 11.1 Å². The van der Waals surface area contributed by atoms with Crippen molar-refractivity contribution >= 4 is 34.4 Å². The maximum Gasteiger partial charge on any atom is 0.144 e. The summed E-state index contributed by atoms with van der Waals surface area (Å²) in [4.78, 5) is 0. The van der Waals surface area contributed by atoms with E-state index in [1.165, 1.54) is 6.26 Å². The molecule has 3 heterocycles. The summed E-state index contributed by atoms with van der Waals surface area (Å²) in [7, 11) is 0. The Balaban J connectivity index is 2.44. The van der Waals surface area contributed by atoms with Crippen LogP contribution in [0.5, 0.6) is 0 Å². The smallest absolute Gasteiger partial charge is 0.144 e. The summed E-state index contributed by atoms with van der Waals surface area (Å²) in [5.74, 6) is 1.27. The first-order valence-corrected chi connectivity index (χ1v) is 8.64. The number of fused-ring (bicyclic) bond motifs is 1. The second-order valence-electron chi connectivity index (χ2n) is 4.47. The van der Waals surface area contributed by atoms with Crippen LogP contribution in [0.15, 0.2) is 27.8 Å². The van der Waals surface area contributed by atoms with Gasteiger partial charge < -0.3 is 8.98 Å². The van der Waals surface area contributed by atoms with Gasteiger partial charge in [-0.1, -0.05) is 22.6 Å². The number of furan rings is 1. The summed E-state index contributed by atoms with van der Waals surface area (Å²) in [5.41, 5.74) is 1.21. The van der Waals surface area contributed by atoms with E-state index in [1.54, 1.807) is 28.5 Å². The fourth-order valence-electron chi connectivity index (χ4n) is 2.43. The standard InChI is InChI=1S/C14H9IN4OS/c15-4-8-7-21-14-10(6-17)12(11-2-1-3-20-11)9(5-16)13(18)19(8)14/h1-3,8,18H,4,7H2/t8-/m1/s1. The SMILES string of the molecule is N#Cc1c(-c2ccco2)c(C#N)c(=N)n2c1SC[C@H]2CI. The Morgan fingerprint density at radius 1 is 1.43 bits per heavy atom. The number of halogens is 1. The van der Waals surface area contributed by atoms with Gasteiger partial charge in [-0.3, -0.25) is 5.41 Å². The number of thioether (sulfide) groups is 1. The third-order valence-electron chi connectivity index (χ3n) is 3.36. The number of nitriles is 2. The number of aromatic nitrogens is 1. The molecule has 104 valence electrons. The minimum Gasteiger partial charge on any atom is -0.464 e. The molecule has 0 radical (unpaired) electrons. The van der Waals surface area contributed by atoms with Crippen molar-refractivity contribution in [2.24, 2.45) is 0 Å². The molecule has 5 nitrogen and oxygen atoms in total. The average Bonchev–Trinajstić information content (AvgIpc) is 3.16. The predicted molar refractivity (Wildman–Crippen MR) is 86.1 cm³/mol. The van der Waals surface area contributed by atoms with Crippen LogP contribution in [0, 0.1) is 28.1 Å². The van der Waals surface area contributed by atoms with Gasteiger partial charge in [0.2, 0.25) is 0 Å². The Labute approximate surface area is 138 Å². The van der Waals surface area contributed by atoms with Gasteiger partial charge in [0.1, 0.15) is 28.9 Å². The molecule has 21 heavy (non-hydrogen) atoms. The van der Waals surface area contributed by atoms with Crippen molar-refractivity contribution in [2.75, 3.05) is 10.2 Å². The lowest BCUT2D eigenvalue weighted by atomic mass is 10.0. The zero-order valence-electron chi connectivity index (χ0n) is 10.8. The molecule has 2 aromatic rings. The van der Waals surface area contributed by atoms with E-state index in [9.17, 15) is 10.5 Å². The van der Waals surface area contributed by atoms with Crippen LogP contribution in [-0.4, -0.2) is 14.7 Å². The van der Waals surface area contributed by atoms with Crippen LogP contribution in [0.3, 0.4) is 0 Å². The number of hydrogen-bond acceptors (Lipinski definition) is 5. The molecule has 7 heteroatoms. The Kier molecular flexibility index (Phi) is 3.79. The maximum atomic E-state index is 9.56. The van der Waals surface area contributed by atoms with E-state index in [-0.39, 0.29) is 17.1 Å². The number of alkyl halides is 1. The summed E-state index contributed by atoms with van der Waals surface area (Å²) >= 11 is 3.83. The second kappa shape index (κ2) is 5.58. The molecule has 1 N–H and O–H groups in total. The van der Waals surface area contributed by atoms with Crippen LogP contribution >= 0.6 is 34.4 Å². The van der Waals surface area contributed by atoms with E-state index < -0.39 is 0 Å². The van der Waals surface area contributed by atoms with Crippen molar-refractivity contribution in [1.82, 2.24) is 4.57 Å². The van der Waals surface area contributed by atoms with Gasteiger partial charge in [0, 0.05) is 10.2 Å². The number of rotatable bonds is 2. The lowest BCUT2D eigenvalue weighted by Crippen LogP contribution is -2.28. The highest BCUT2D eigenvalue weighted by Crippen LogP contribution is 2.39. The molecule has 0 aromatic carbocycles. The molecule has 0 spiro atoms. The summed E-state index contributed by atoms with van der Waals surface area (Å²) in [6, 6.07) is 7.83. The van der Waals surface area contributed by atoms with Crippen molar-refractivity contribution in [3.63, 3.8) is 0 Å². The van der Waals surface area contributed by atoms with Crippen LogP contribution in [0.1, 0.15) is 17.2 Å². The molecule has 0 bridgehead atoms. The van der Waals surface area contributed by atoms with Gasteiger partial charge in [-0.25, -0.2) is 0 Å². The molecule has 0 saturated heterocycles. The first kappa shape index (κ1) is 14.2. The zero-order valence-corrected chi connectivity index (χ0v) is 13.7. The summed E-state index contributed by atoms with van der Waals surface area (Å²) < 4.78 is 8.01. The fraction of sp³-hybridized carbons (Fsp3) is 0.214. The Morgan fingerprint density at radius 2 is 2.19 bits per heavy atom. The van der Waals surface area contributed by atoms with E-state index in [0.29, 0.717) is 16.9 Å². The Morgan fingerprint density at radius 3 is 2.76 bits per heavy atom. The summed E-state index contributed by atoms with van der Waals surface area (Å²) in [6.45, 7) is 0. The second-order valence-corrected chi connectivity index (χ2v) is 6.36. The van der Waals surface area contributed by atoms with Crippen molar-refractivity contribution in [3.8, 4) is 23.5 Å². The first-order valence-electron chi connectivity index (χ1n) is 6.12. The Hall–Kier alpha value is -1.71. The first-order chi connectivity index (χ1) is 10.2. The van der Waals surface area contributed by atoms with Crippen LogP contribution < -0.4 is 5.49 Å². The van der Waals surface area contributed by atoms with Gasteiger partial charge >= 0.3 is 0 Å². The van der Waals surface area contributed by atoms with E-state index in [0.717, 1.165) is 15.2 Å². The Bertz CT molecular complexity index is 842. The molecule has 2 aromatic heterocycles. The summed E-state index contributed by atoms with van der Waals surface area (Å²) in [6.07, 6.45) is 1.50. The number of nitrogens with one attached hydrogen (secondary N) is 1. The quantitative estimate of drug-likeness (QED) is 0.611. The van der Waals surface area contributed by atoms with Gasteiger partial charge in [0.05, 0.1) is 28.5 Å². The third-order valence-corrected chi connectivity index (χ3v) is 5.60. The largest absolute Gasteiger partial charge is 0.464 e. The number of pyridine rings is 1. The predicted octanol–water partition coefficient (Wildman–Crippen LogP) is 3.05. The van der Waals surface area contributed by atoms with Gasteiger partial charge in [-0.2, -0.15) is 10.5 Å². The highest BCUT2D eigenvalue weighted by Gasteiger charge is 2.30. The molecule has 1 atom stereocenters. The topological polar surface area (TPSA) is 89.5 Å². The van der Waals surface area contributed by atoms with E-state index >= 15 is 0 Å². The molecule has 1 aliphatic rings. The van der Waals surface area contributed by atoms with Crippen molar-refractivity contribution < 1.29 is 4.42 Å². The number of hydrogen-bond donors (Lipinski definition) is 1. The molecule has 0 aliphatic carbocycles. The lowest BCUT2D eigenvalue weighted by molar-refractivity contribution is 0.555. The number of nitrogens with zero attached hydrogens (tertiary/aromatic N) is 3. The zero-order chi connectivity index (χ0) is 15.0. The van der Waals surface area contributed by atoms with Gasteiger partial charge in [-0.05, 0) is 12.1 Å². The monoisotopic (exact) mass is 408 g/mol. The normalized spacial score (nSPS) is 16.2. The fourth-order valence-corrected chi connectivity index (χ4v) is 4.84. The van der Waals surface area contributed by atoms with Gasteiger partial charge in [-0.15, -0.1) is 11.8 Å². The van der Waals surface area contributed by atoms with E-state index in [4.69, 9.17) is 9.83 Å². The van der Waals surface area contributed by atoms with Crippen molar-refractivity contribution in [1.29, 1.82) is 15.9 Å². The molecular weight excluding hydrogens is 399 g/mol. The molecule has 0 unspecified atom stereocenters. The van der Waals surface area contributed by atoms with Crippen molar-refractivity contribution in [3.05, 3.63) is 35.0 Å². The third kappa shape index (κ3) is 2.08. The molecule has 0 saturated carbocycles.